The number of aromatic nitrogens is 3. The van der Waals surface area contributed by atoms with Crippen LogP contribution in [0.5, 0.6) is 5.75 Å². The van der Waals surface area contributed by atoms with Crippen LogP contribution >= 0.6 is 11.6 Å². The molecule has 3 aromatic rings. The summed E-state index contributed by atoms with van der Waals surface area (Å²) in [6.45, 7) is 1.84. The van der Waals surface area contributed by atoms with Gasteiger partial charge in [0, 0.05) is 22.2 Å². The number of carbonyl (C=O) groups is 1. The number of fused-ring (bicyclic) bond motifs is 3. The number of hydrogen-bond acceptors (Lipinski definition) is 5. The number of aliphatic carboxylic acids is 1. The molecule has 29 heavy (non-hydrogen) atoms. The molecule has 0 unspecified atom stereocenters. The topological polar surface area (TPSA) is 89.6 Å². The minimum atomic E-state index is -1.06. The van der Waals surface area contributed by atoms with Crippen molar-refractivity contribution in [1.82, 2.24) is 14.8 Å². The van der Waals surface area contributed by atoms with Crippen molar-refractivity contribution in [2.45, 2.75) is 13.0 Å². The molecule has 8 heteroatoms. The summed E-state index contributed by atoms with van der Waals surface area (Å²) in [7, 11) is 1.60. The first-order valence-electron chi connectivity index (χ1n) is 8.83. The van der Waals surface area contributed by atoms with E-state index in [-0.39, 0.29) is 0 Å². The van der Waals surface area contributed by atoms with Crippen LogP contribution in [0.3, 0.4) is 0 Å². The summed E-state index contributed by atoms with van der Waals surface area (Å²) >= 11 is 6.06. The molecule has 0 radical (unpaired) electrons. The Morgan fingerprint density at radius 2 is 1.97 bits per heavy atom. The minimum absolute atomic E-state index is 0.537. The third kappa shape index (κ3) is 3.52. The van der Waals surface area contributed by atoms with Crippen LogP contribution in [-0.2, 0) is 4.79 Å². The van der Waals surface area contributed by atoms with Gasteiger partial charge in [0.1, 0.15) is 17.6 Å². The molecule has 0 saturated carbocycles. The number of carboxylic acids is 1. The van der Waals surface area contributed by atoms with Gasteiger partial charge in [0.15, 0.2) is 5.82 Å². The van der Waals surface area contributed by atoms with E-state index in [2.05, 4.69) is 10.2 Å². The average molecular weight is 409 g/mol. The number of rotatable bonds is 4. The average Bonchev–Trinajstić information content (AvgIpc) is 3.03. The van der Waals surface area contributed by atoms with E-state index in [4.69, 9.17) is 26.4 Å². The molecule has 146 valence electrons. The third-order valence-electron chi connectivity index (χ3n) is 4.62. The van der Waals surface area contributed by atoms with E-state index in [0.717, 1.165) is 22.9 Å². The standard InChI is InChI=1S/C21H17ClN4O3/c1-12-24-25-21-17(8-10-19(27)28)23-20(13-3-5-14(22)6-4-13)16-11-15(29-2)7-9-18(16)26(12)21/h3-11,17H,1-2H3,(H,27,28)/b10-8+/t17-/m0/s1. The number of ether oxygens (including phenoxy) is 1. The zero-order chi connectivity index (χ0) is 20.5. The number of nitrogens with zero attached hydrogens (tertiary/aromatic N) is 4. The third-order valence-corrected chi connectivity index (χ3v) is 4.87. The summed E-state index contributed by atoms with van der Waals surface area (Å²) in [6.07, 6.45) is 2.57. The lowest BCUT2D eigenvalue weighted by Gasteiger charge is -2.14. The molecule has 1 atom stereocenters. The fourth-order valence-corrected chi connectivity index (χ4v) is 3.43. The molecule has 0 aliphatic carbocycles. The van der Waals surface area contributed by atoms with Crippen molar-refractivity contribution in [2.24, 2.45) is 4.99 Å². The maximum atomic E-state index is 11.1. The fourth-order valence-electron chi connectivity index (χ4n) is 3.30. The van der Waals surface area contributed by atoms with Gasteiger partial charge in [0.25, 0.3) is 0 Å². The summed E-state index contributed by atoms with van der Waals surface area (Å²) in [5.74, 6) is 0.833. The fraction of sp³-hybridized carbons (Fsp3) is 0.143. The lowest BCUT2D eigenvalue weighted by atomic mass is 10.00. The smallest absolute Gasteiger partial charge is 0.328 e. The van der Waals surface area contributed by atoms with Crippen molar-refractivity contribution in [1.29, 1.82) is 0 Å². The first kappa shape index (κ1) is 18.9. The van der Waals surface area contributed by atoms with Crippen molar-refractivity contribution >= 4 is 23.3 Å². The maximum Gasteiger partial charge on any atom is 0.328 e. The molecule has 1 aromatic heterocycles. The number of aliphatic imine (C=N–C) groups is 1. The van der Waals surface area contributed by atoms with Crippen LogP contribution in [0, 0.1) is 6.92 Å². The number of benzene rings is 2. The van der Waals surface area contributed by atoms with Crippen LogP contribution in [0.25, 0.3) is 5.69 Å². The van der Waals surface area contributed by atoms with Gasteiger partial charge in [-0.2, -0.15) is 0 Å². The Labute approximate surface area is 171 Å². The van der Waals surface area contributed by atoms with E-state index in [1.807, 2.05) is 41.8 Å². The Morgan fingerprint density at radius 1 is 1.21 bits per heavy atom. The molecular weight excluding hydrogens is 392 g/mol. The molecular formula is C21H17ClN4O3. The van der Waals surface area contributed by atoms with Gasteiger partial charge in [0.2, 0.25) is 0 Å². The molecule has 2 heterocycles. The van der Waals surface area contributed by atoms with Crippen molar-refractivity contribution < 1.29 is 14.6 Å². The van der Waals surface area contributed by atoms with Crippen LogP contribution in [0.15, 0.2) is 59.6 Å². The Hall–Kier alpha value is -3.45. The summed E-state index contributed by atoms with van der Waals surface area (Å²) in [5, 5.41) is 18.2. The van der Waals surface area contributed by atoms with Crippen molar-refractivity contribution in [3.63, 3.8) is 0 Å². The lowest BCUT2D eigenvalue weighted by Crippen LogP contribution is -2.08. The van der Waals surface area contributed by atoms with Gasteiger partial charge in [-0.25, -0.2) is 4.79 Å². The predicted molar refractivity (Wildman–Crippen MR) is 109 cm³/mol. The lowest BCUT2D eigenvalue weighted by molar-refractivity contribution is -0.131. The maximum absolute atomic E-state index is 11.1. The highest BCUT2D eigenvalue weighted by Gasteiger charge is 2.27. The van der Waals surface area contributed by atoms with Crippen LogP contribution in [-0.4, -0.2) is 38.7 Å². The van der Waals surface area contributed by atoms with Gasteiger partial charge in [-0.1, -0.05) is 23.7 Å². The second kappa shape index (κ2) is 7.52. The molecule has 0 spiro atoms. The SMILES string of the molecule is COc1ccc2c(c1)C(c1ccc(Cl)cc1)=N[C@@H](/C=C/C(=O)O)c1nnc(C)n1-2. The Kier molecular flexibility index (Phi) is 4.90. The molecule has 0 saturated heterocycles. The van der Waals surface area contributed by atoms with Gasteiger partial charge >= 0.3 is 5.97 Å². The zero-order valence-electron chi connectivity index (χ0n) is 15.7. The Balaban J connectivity index is 2.02. The van der Waals surface area contributed by atoms with Gasteiger partial charge in [-0.05, 0) is 43.3 Å². The Morgan fingerprint density at radius 3 is 2.66 bits per heavy atom. The minimum Gasteiger partial charge on any atom is -0.497 e. The molecule has 4 rings (SSSR count). The summed E-state index contributed by atoms with van der Waals surface area (Å²) < 4.78 is 7.31. The van der Waals surface area contributed by atoms with Crippen LogP contribution in [0.4, 0.5) is 0 Å². The van der Waals surface area contributed by atoms with E-state index in [1.165, 1.54) is 6.08 Å². The van der Waals surface area contributed by atoms with Crippen molar-refractivity contribution in [2.75, 3.05) is 7.11 Å². The van der Waals surface area contributed by atoms with Gasteiger partial charge in [0.05, 0.1) is 18.5 Å². The molecule has 0 fully saturated rings. The summed E-state index contributed by atoms with van der Waals surface area (Å²) in [6, 6.07) is 12.4. The molecule has 0 bridgehead atoms. The number of methoxy groups -OCH3 is 1. The normalized spacial score (nSPS) is 15.4. The highest BCUT2D eigenvalue weighted by atomic mass is 35.5. The van der Waals surface area contributed by atoms with E-state index in [1.54, 1.807) is 19.2 Å². The molecule has 1 N–H and O–H groups in total. The first-order chi connectivity index (χ1) is 14.0. The predicted octanol–water partition coefficient (Wildman–Crippen LogP) is 3.77. The Bertz CT molecular complexity index is 1150. The number of carboxylic acid groups (broad SMARTS) is 1. The van der Waals surface area contributed by atoms with Crippen LogP contribution in [0.2, 0.25) is 5.02 Å². The van der Waals surface area contributed by atoms with E-state index in [9.17, 15) is 4.79 Å². The van der Waals surface area contributed by atoms with E-state index in [0.29, 0.717) is 28.1 Å². The van der Waals surface area contributed by atoms with Crippen molar-refractivity contribution in [3.05, 3.63) is 82.4 Å². The molecule has 0 amide bonds. The quantitative estimate of drug-likeness (QED) is 0.663. The molecule has 1 aliphatic heterocycles. The van der Waals surface area contributed by atoms with Gasteiger partial charge in [-0.15, -0.1) is 10.2 Å². The summed E-state index contributed by atoms with van der Waals surface area (Å²) in [4.78, 5) is 16.0. The first-order valence-corrected chi connectivity index (χ1v) is 9.21. The highest BCUT2D eigenvalue weighted by molar-refractivity contribution is 6.30. The van der Waals surface area contributed by atoms with Gasteiger partial charge < -0.3 is 9.84 Å². The molecule has 7 nitrogen and oxygen atoms in total. The van der Waals surface area contributed by atoms with Crippen LogP contribution in [0.1, 0.15) is 28.8 Å². The zero-order valence-corrected chi connectivity index (χ0v) is 16.5. The number of halogens is 1. The number of aryl methyl sites for hydroxylation is 1. The highest BCUT2D eigenvalue weighted by Crippen LogP contribution is 2.33. The largest absolute Gasteiger partial charge is 0.497 e. The van der Waals surface area contributed by atoms with Crippen molar-refractivity contribution in [3.8, 4) is 11.4 Å². The second-order valence-electron chi connectivity index (χ2n) is 6.45. The van der Waals surface area contributed by atoms with E-state index >= 15 is 0 Å². The van der Waals surface area contributed by atoms with Gasteiger partial charge in [-0.3, -0.25) is 9.56 Å². The second-order valence-corrected chi connectivity index (χ2v) is 6.89. The number of hydrogen-bond donors (Lipinski definition) is 1. The van der Waals surface area contributed by atoms with Crippen LogP contribution < -0.4 is 4.74 Å². The monoisotopic (exact) mass is 408 g/mol. The molecule has 2 aromatic carbocycles. The molecule has 1 aliphatic rings. The van der Waals surface area contributed by atoms with E-state index < -0.39 is 12.0 Å². The summed E-state index contributed by atoms with van der Waals surface area (Å²) in [5.41, 5.74) is 3.18.